The Morgan fingerprint density at radius 3 is 2.58 bits per heavy atom. The van der Waals surface area contributed by atoms with Gasteiger partial charge in [0.15, 0.2) is 5.41 Å². The van der Waals surface area contributed by atoms with Crippen LogP contribution in [0.4, 0.5) is 0 Å². The second kappa shape index (κ2) is 7.05. The number of esters is 1. The van der Waals surface area contributed by atoms with Crippen LogP contribution in [0.5, 0.6) is 0 Å². The fourth-order valence-electron chi connectivity index (χ4n) is 1.97. The number of carbonyl (C=O) groups is 2. The van der Waals surface area contributed by atoms with Crippen LogP contribution in [0.1, 0.15) is 31.6 Å². The maximum atomic E-state index is 12.1. The molecule has 0 aliphatic heterocycles. The Morgan fingerprint density at radius 1 is 1.47 bits per heavy atom. The fourth-order valence-corrected chi connectivity index (χ4v) is 3.54. The van der Waals surface area contributed by atoms with E-state index in [0.717, 1.165) is 9.35 Å². The number of rotatable bonds is 7. The van der Waals surface area contributed by atoms with Crippen molar-refractivity contribution in [3.8, 4) is 0 Å². The highest BCUT2D eigenvalue weighted by Crippen LogP contribution is 2.34. The van der Waals surface area contributed by atoms with E-state index in [9.17, 15) is 14.7 Å². The van der Waals surface area contributed by atoms with Crippen molar-refractivity contribution < 1.29 is 19.4 Å². The van der Waals surface area contributed by atoms with Crippen molar-refractivity contribution in [2.45, 2.75) is 33.1 Å². The van der Waals surface area contributed by atoms with Crippen molar-refractivity contribution >= 4 is 39.2 Å². The molecule has 1 aromatic heterocycles. The monoisotopic (exact) mass is 348 g/mol. The van der Waals surface area contributed by atoms with Crippen molar-refractivity contribution in [3.05, 3.63) is 20.8 Å². The molecule has 6 heteroatoms. The Bertz CT molecular complexity index is 457. The maximum Gasteiger partial charge on any atom is 0.323 e. The summed E-state index contributed by atoms with van der Waals surface area (Å²) in [5.74, 6) is -1.76. The molecule has 0 saturated heterocycles. The zero-order valence-electron chi connectivity index (χ0n) is 10.9. The molecule has 0 aliphatic carbocycles. The standard InChI is InChI=1S/C13H17BrO4S/c1-3-5-13(11(15)16,12(17)18-4-2)7-10-6-9(14)8-19-10/h6,8H,3-5,7H2,1-2H3,(H,15,16). The molecular formula is C13H17BrO4S. The predicted molar refractivity (Wildman–Crippen MR) is 77.3 cm³/mol. The Hall–Kier alpha value is -0.880. The topological polar surface area (TPSA) is 63.6 Å². The van der Waals surface area contributed by atoms with Crippen LogP contribution in [0, 0.1) is 5.41 Å². The van der Waals surface area contributed by atoms with Crippen molar-refractivity contribution in [2.75, 3.05) is 6.61 Å². The summed E-state index contributed by atoms with van der Waals surface area (Å²) in [5.41, 5.74) is -1.48. The minimum Gasteiger partial charge on any atom is -0.480 e. The van der Waals surface area contributed by atoms with Gasteiger partial charge in [-0.3, -0.25) is 9.59 Å². The highest BCUT2D eigenvalue weighted by Gasteiger charge is 2.47. The molecule has 0 radical (unpaired) electrons. The second-order valence-electron chi connectivity index (χ2n) is 4.27. The molecule has 1 unspecified atom stereocenters. The van der Waals surface area contributed by atoms with E-state index in [-0.39, 0.29) is 19.4 Å². The van der Waals surface area contributed by atoms with Crippen LogP contribution >= 0.6 is 27.3 Å². The molecule has 0 aromatic carbocycles. The molecule has 1 heterocycles. The molecule has 0 spiro atoms. The fraction of sp³-hybridized carbons (Fsp3) is 0.538. The van der Waals surface area contributed by atoms with E-state index < -0.39 is 17.4 Å². The van der Waals surface area contributed by atoms with Gasteiger partial charge >= 0.3 is 11.9 Å². The largest absolute Gasteiger partial charge is 0.480 e. The Balaban J connectivity index is 3.08. The molecule has 0 aliphatic rings. The Kier molecular flexibility index (Phi) is 6.00. The van der Waals surface area contributed by atoms with Crippen molar-refractivity contribution in [1.29, 1.82) is 0 Å². The molecule has 0 saturated carbocycles. The van der Waals surface area contributed by atoms with Crippen LogP contribution in [0.3, 0.4) is 0 Å². The van der Waals surface area contributed by atoms with Crippen LogP contribution in [0.25, 0.3) is 0 Å². The van der Waals surface area contributed by atoms with Gasteiger partial charge in [-0.25, -0.2) is 0 Å². The number of thiophene rings is 1. The summed E-state index contributed by atoms with van der Waals surface area (Å²) in [5, 5.41) is 11.4. The van der Waals surface area contributed by atoms with Gasteiger partial charge < -0.3 is 9.84 Å². The van der Waals surface area contributed by atoms with Crippen LogP contribution in [-0.2, 0) is 20.7 Å². The summed E-state index contributed by atoms with van der Waals surface area (Å²) in [6.45, 7) is 3.73. The summed E-state index contributed by atoms with van der Waals surface area (Å²) in [4.78, 5) is 24.6. The minimum absolute atomic E-state index is 0.172. The molecule has 1 N–H and O–H groups in total. The van der Waals surface area contributed by atoms with E-state index in [1.807, 2.05) is 18.4 Å². The van der Waals surface area contributed by atoms with Gasteiger partial charge in [0.1, 0.15) is 0 Å². The average molecular weight is 349 g/mol. The van der Waals surface area contributed by atoms with E-state index in [1.54, 1.807) is 6.92 Å². The molecule has 4 nitrogen and oxygen atoms in total. The summed E-state index contributed by atoms with van der Waals surface area (Å²) < 4.78 is 5.87. The Morgan fingerprint density at radius 2 is 2.16 bits per heavy atom. The molecule has 1 atom stereocenters. The van der Waals surface area contributed by atoms with Crippen LogP contribution in [0.15, 0.2) is 15.9 Å². The molecule has 1 rings (SSSR count). The molecule has 106 valence electrons. The van der Waals surface area contributed by atoms with Gasteiger partial charge in [-0.1, -0.05) is 13.3 Å². The van der Waals surface area contributed by atoms with E-state index in [1.165, 1.54) is 11.3 Å². The lowest BCUT2D eigenvalue weighted by Gasteiger charge is -2.26. The zero-order chi connectivity index (χ0) is 14.5. The molecule has 1 aromatic rings. The van der Waals surface area contributed by atoms with Gasteiger partial charge in [0, 0.05) is 21.2 Å². The van der Waals surface area contributed by atoms with Crippen LogP contribution in [-0.4, -0.2) is 23.7 Å². The number of carboxylic acid groups (broad SMARTS) is 1. The maximum absolute atomic E-state index is 12.1. The highest BCUT2D eigenvalue weighted by molar-refractivity contribution is 9.10. The molecule has 0 amide bonds. The average Bonchev–Trinajstić information content (AvgIpc) is 2.74. The zero-order valence-corrected chi connectivity index (χ0v) is 13.3. The third-order valence-electron chi connectivity index (χ3n) is 2.85. The first-order chi connectivity index (χ1) is 8.96. The number of halogens is 1. The van der Waals surface area contributed by atoms with Gasteiger partial charge in [0.25, 0.3) is 0 Å². The van der Waals surface area contributed by atoms with Gasteiger partial charge in [0.2, 0.25) is 0 Å². The number of aliphatic carboxylic acids is 1. The summed E-state index contributed by atoms with van der Waals surface area (Å²) >= 11 is 4.77. The predicted octanol–water partition coefficient (Wildman–Crippen LogP) is 3.49. The smallest absolute Gasteiger partial charge is 0.323 e. The highest BCUT2D eigenvalue weighted by atomic mass is 79.9. The lowest BCUT2D eigenvalue weighted by Crippen LogP contribution is -2.42. The van der Waals surface area contributed by atoms with Gasteiger partial charge in [-0.05, 0) is 35.3 Å². The van der Waals surface area contributed by atoms with Gasteiger partial charge in [-0.15, -0.1) is 11.3 Å². The van der Waals surface area contributed by atoms with Crippen molar-refractivity contribution in [3.63, 3.8) is 0 Å². The van der Waals surface area contributed by atoms with Crippen molar-refractivity contribution in [2.24, 2.45) is 5.41 Å². The number of ether oxygens (including phenoxy) is 1. The van der Waals surface area contributed by atoms with E-state index in [0.29, 0.717) is 6.42 Å². The third kappa shape index (κ3) is 3.79. The molecule has 0 bridgehead atoms. The Labute approximate surface area is 124 Å². The van der Waals surface area contributed by atoms with Crippen LogP contribution in [0.2, 0.25) is 0 Å². The second-order valence-corrected chi connectivity index (χ2v) is 6.18. The first kappa shape index (κ1) is 16.2. The number of hydrogen-bond acceptors (Lipinski definition) is 4. The lowest BCUT2D eigenvalue weighted by molar-refractivity contribution is -0.169. The molecule has 0 fully saturated rings. The molecular weight excluding hydrogens is 332 g/mol. The summed E-state index contributed by atoms with van der Waals surface area (Å²) in [6, 6.07) is 1.84. The van der Waals surface area contributed by atoms with Gasteiger partial charge in [0.05, 0.1) is 6.61 Å². The number of hydrogen-bond donors (Lipinski definition) is 1. The lowest BCUT2D eigenvalue weighted by atomic mass is 9.79. The van der Waals surface area contributed by atoms with E-state index in [2.05, 4.69) is 15.9 Å². The molecule has 19 heavy (non-hydrogen) atoms. The summed E-state index contributed by atoms with van der Waals surface area (Å²) in [7, 11) is 0. The van der Waals surface area contributed by atoms with E-state index in [4.69, 9.17) is 4.74 Å². The first-order valence-corrected chi connectivity index (χ1v) is 7.77. The number of carbonyl (C=O) groups excluding carboxylic acids is 1. The third-order valence-corrected chi connectivity index (χ3v) is 4.55. The first-order valence-electron chi connectivity index (χ1n) is 6.09. The van der Waals surface area contributed by atoms with Crippen molar-refractivity contribution in [1.82, 2.24) is 0 Å². The number of carboxylic acids is 1. The quantitative estimate of drug-likeness (QED) is 0.605. The normalized spacial score (nSPS) is 13.8. The van der Waals surface area contributed by atoms with E-state index >= 15 is 0 Å². The SMILES string of the molecule is CCCC(Cc1cc(Br)cs1)(C(=O)O)C(=O)OCC. The summed E-state index contributed by atoms with van der Waals surface area (Å²) in [6.07, 6.45) is 1.06. The van der Waals surface area contributed by atoms with Crippen LogP contribution < -0.4 is 0 Å². The minimum atomic E-state index is -1.48. The van der Waals surface area contributed by atoms with Gasteiger partial charge in [-0.2, -0.15) is 0 Å².